The van der Waals surface area contributed by atoms with E-state index < -0.39 is 0 Å². The molecule has 3 heteroatoms. The first kappa shape index (κ1) is 15.2. The molecule has 0 spiro atoms. The second kappa shape index (κ2) is 7.58. The molecule has 2 aromatic rings. The van der Waals surface area contributed by atoms with Crippen LogP contribution >= 0.6 is 0 Å². The predicted molar refractivity (Wildman–Crippen MR) is 87.1 cm³/mol. The van der Waals surface area contributed by atoms with E-state index in [-0.39, 0.29) is 0 Å². The van der Waals surface area contributed by atoms with Gasteiger partial charge in [-0.15, -0.1) is 0 Å². The lowest BCUT2D eigenvalue weighted by molar-refractivity contribution is -0.105. The Balaban J connectivity index is 0.000000272. The molecule has 1 saturated carbocycles. The summed E-state index contributed by atoms with van der Waals surface area (Å²) >= 11 is 0. The number of nitrogens with zero attached hydrogens (tertiary/aromatic N) is 1. The highest BCUT2D eigenvalue weighted by Gasteiger charge is 2.17. The van der Waals surface area contributed by atoms with Gasteiger partial charge in [-0.05, 0) is 42.7 Å². The van der Waals surface area contributed by atoms with Gasteiger partial charge in [0, 0.05) is 17.4 Å². The van der Waals surface area contributed by atoms with Gasteiger partial charge in [-0.25, -0.2) is 0 Å². The van der Waals surface area contributed by atoms with Gasteiger partial charge < -0.3 is 5.32 Å². The Kier molecular flexibility index (Phi) is 5.50. The van der Waals surface area contributed by atoms with Crippen molar-refractivity contribution in [3.8, 4) is 11.3 Å². The average Bonchev–Trinajstić information content (AvgIpc) is 3.35. The number of aromatic nitrogens is 1. The zero-order valence-electron chi connectivity index (χ0n) is 12.7. The molecule has 1 aromatic heterocycles. The summed E-state index contributed by atoms with van der Waals surface area (Å²) in [6.07, 6.45) is 6.87. The number of pyridine rings is 1. The first-order chi connectivity index (χ1) is 10.2. The third kappa shape index (κ3) is 4.71. The van der Waals surface area contributed by atoms with Gasteiger partial charge in [-0.1, -0.05) is 38.3 Å². The first-order valence-electron chi connectivity index (χ1n) is 7.46. The standard InChI is InChI=1S/C13H12N2O.C5H10/c1-10-5-6-11(15-9-16)8-12(10)13-4-2-3-7-14-13;1-2-5-3-4-5/h2-9H,1H3,(H,15,16);5H,2-4H2,1H3. The smallest absolute Gasteiger partial charge is 0.211 e. The molecule has 0 bridgehead atoms. The number of hydrogen-bond donors (Lipinski definition) is 1. The molecule has 0 saturated heterocycles. The average molecular weight is 282 g/mol. The van der Waals surface area contributed by atoms with Gasteiger partial charge in [0.05, 0.1) is 5.69 Å². The molecule has 3 rings (SSSR count). The molecule has 0 atom stereocenters. The fraction of sp³-hybridized carbons (Fsp3) is 0.333. The topological polar surface area (TPSA) is 42.0 Å². The van der Waals surface area contributed by atoms with Gasteiger partial charge in [0.15, 0.2) is 0 Å². The maximum atomic E-state index is 10.4. The van der Waals surface area contributed by atoms with Crippen LogP contribution in [0.15, 0.2) is 42.6 Å². The summed E-state index contributed by atoms with van der Waals surface area (Å²) in [6.45, 7) is 4.28. The number of nitrogens with one attached hydrogen (secondary N) is 1. The summed E-state index contributed by atoms with van der Waals surface area (Å²) in [5.41, 5.74) is 3.86. The van der Waals surface area contributed by atoms with Crippen LogP contribution in [0.1, 0.15) is 31.7 Å². The van der Waals surface area contributed by atoms with Crippen LogP contribution in [0, 0.1) is 12.8 Å². The van der Waals surface area contributed by atoms with Crippen molar-refractivity contribution in [2.75, 3.05) is 5.32 Å². The van der Waals surface area contributed by atoms with E-state index in [9.17, 15) is 4.79 Å². The normalized spacial score (nSPS) is 13.0. The van der Waals surface area contributed by atoms with Gasteiger partial charge in [0.2, 0.25) is 6.41 Å². The SMILES string of the molecule is CCC1CC1.Cc1ccc(NC=O)cc1-c1ccccn1. The molecule has 1 N–H and O–H groups in total. The number of hydrogen-bond acceptors (Lipinski definition) is 2. The lowest BCUT2D eigenvalue weighted by Crippen LogP contribution is -1.95. The molecular formula is C18H22N2O. The van der Waals surface area contributed by atoms with E-state index >= 15 is 0 Å². The maximum Gasteiger partial charge on any atom is 0.211 e. The minimum atomic E-state index is 0.673. The number of amides is 1. The van der Waals surface area contributed by atoms with Crippen molar-refractivity contribution in [1.29, 1.82) is 0 Å². The molecule has 0 aliphatic heterocycles. The zero-order chi connectivity index (χ0) is 15.1. The predicted octanol–water partition coefficient (Wildman–Crippen LogP) is 4.43. The third-order valence-corrected chi connectivity index (χ3v) is 3.68. The van der Waals surface area contributed by atoms with Crippen LogP contribution in [0.4, 0.5) is 5.69 Å². The number of carbonyl (C=O) groups is 1. The van der Waals surface area contributed by atoms with E-state index in [0.29, 0.717) is 6.41 Å². The van der Waals surface area contributed by atoms with E-state index in [1.165, 1.54) is 19.3 Å². The fourth-order valence-corrected chi connectivity index (χ4v) is 2.10. The lowest BCUT2D eigenvalue weighted by atomic mass is 10.0. The van der Waals surface area contributed by atoms with Crippen molar-refractivity contribution in [2.24, 2.45) is 5.92 Å². The molecule has 0 unspecified atom stereocenters. The number of carbonyl (C=O) groups excluding carboxylic acids is 1. The van der Waals surface area contributed by atoms with Gasteiger partial charge in [-0.2, -0.15) is 0 Å². The van der Waals surface area contributed by atoms with Crippen LogP contribution in [0.25, 0.3) is 11.3 Å². The van der Waals surface area contributed by atoms with E-state index in [1.807, 2.05) is 43.3 Å². The van der Waals surface area contributed by atoms with E-state index in [2.05, 4.69) is 17.2 Å². The largest absolute Gasteiger partial charge is 0.329 e. The summed E-state index contributed by atoms with van der Waals surface area (Å²) in [4.78, 5) is 14.7. The molecule has 1 aromatic carbocycles. The minimum absolute atomic E-state index is 0.673. The third-order valence-electron chi connectivity index (χ3n) is 3.68. The van der Waals surface area contributed by atoms with E-state index in [1.54, 1.807) is 6.20 Å². The molecule has 1 amide bonds. The Bertz CT molecular complexity index is 577. The molecule has 1 aliphatic rings. The van der Waals surface area contributed by atoms with Crippen molar-refractivity contribution >= 4 is 12.1 Å². The molecule has 110 valence electrons. The fourth-order valence-electron chi connectivity index (χ4n) is 2.10. The minimum Gasteiger partial charge on any atom is -0.329 e. The van der Waals surface area contributed by atoms with E-state index in [4.69, 9.17) is 0 Å². The van der Waals surface area contributed by atoms with Crippen molar-refractivity contribution < 1.29 is 4.79 Å². The van der Waals surface area contributed by atoms with Crippen molar-refractivity contribution in [3.63, 3.8) is 0 Å². The molecule has 0 radical (unpaired) electrons. The quantitative estimate of drug-likeness (QED) is 0.843. The highest BCUT2D eigenvalue weighted by Crippen LogP contribution is 2.31. The van der Waals surface area contributed by atoms with Crippen LogP contribution in [0.3, 0.4) is 0 Å². The Morgan fingerprint density at radius 1 is 1.29 bits per heavy atom. The summed E-state index contributed by atoms with van der Waals surface area (Å²) in [6, 6.07) is 11.5. The molecule has 3 nitrogen and oxygen atoms in total. The molecular weight excluding hydrogens is 260 g/mol. The summed E-state index contributed by atoms with van der Waals surface area (Å²) in [5.74, 6) is 1.13. The molecule has 1 fully saturated rings. The monoisotopic (exact) mass is 282 g/mol. The Labute approximate surface area is 126 Å². The van der Waals surface area contributed by atoms with Gasteiger partial charge >= 0.3 is 0 Å². The first-order valence-corrected chi connectivity index (χ1v) is 7.46. The molecule has 21 heavy (non-hydrogen) atoms. The summed E-state index contributed by atoms with van der Waals surface area (Å²) in [5, 5.41) is 2.64. The second-order valence-electron chi connectivity index (χ2n) is 5.36. The number of benzene rings is 1. The summed E-state index contributed by atoms with van der Waals surface area (Å²) in [7, 11) is 0. The Morgan fingerprint density at radius 3 is 2.62 bits per heavy atom. The van der Waals surface area contributed by atoms with Crippen LogP contribution in [0.5, 0.6) is 0 Å². The number of aryl methyl sites for hydroxylation is 1. The van der Waals surface area contributed by atoms with Crippen LogP contribution in [-0.2, 0) is 4.79 Å². The van der Waals surface area contributed by atoms with Crippen LogP contribution < -0.4 is 5.32 Å². The van der Waals surface area contributed by atoms with Gasteiger partial charge in [0.25, 0.3) is 0 Å². The van der Waals surface area contributed by atoms with Crippen molar-refractivity contribution in [3.05, 3.63) is 48.2 Å². The molecule has 1 aliphatic carbocycles. The lowest BCUT2D eigenvalue weighted by Gasteiger charge is -2.07. The highest BCUT2D eigenvalue weighted by molar-refractivity contribution is 5.76. The van der Waals surface area contributed by atoms with Gasteiger partial charge in [-0.3, -0.25) is 9.78 Å². The maximum absolute atomic E-state index is 10.4. The molecule has 1 heterocycles. The second-order valence-corrected chi connectivity index (χ2v) is 5.36. The number of anilines is 1. The van der Waals surface area contributed by atoms with Crippen LogP contribution in [-0.4, -0.2) is 11.4 Å². The zero-order valence-corrected chi connectivity index (χ0v) is 12.7. The van der Waals surface area contributed by atoms with Crippen molar-refractivity contribution in [2.45, 2.75) is 33.1 Å². The van der Waals surface area contributed by atoms with E-state index in [0.717, 1.165) is 28.4 Å². The van der Waals surface area contributed by atoms with Gasteiger partial charge in [0.1, 0.15) is 0 Å². The van der Waals surface area contributed by atoms with Crippen molar-refractivity contribution in [1.82, 2.24) is 4.98 Å². The number of rotatable bonds is 4. The highest BCUT2D eigenvalue weighted by atomic mass is 16.1. The summed E-state index contributed by atoms with van der Waals surface area (Å²) < 4.78 is 0. The Hall–Kier alpha value is -2.16. The van der Waals surface area contributed by atoms with Crippen LogP contribution in [0.2, 0.25) is 0 Å². The Morgan fingerprint density at radius 2 is 2.10 bits per heavy atom.